The number of sulfone groups is 1. The van der Waals surface area contributed by atoms with E-state index in [2.05, 4.69) is 0 Å². The first-order valence-corrected chi connectivity index (χ1v) is 9.72. The van der Waals surface area contributed by atoms with Crippen LogP contribution in [0.1, 0.15) is 22.8 Å². The van der Waals surface area contributed by atoms with Gasteiger partial charge in [0, 0.05) is 18.2 Å². The number of hydrogen-bond acceptors (Lipinski definition) is 6. The molecule has 0 saturated heterocycles. The second-order valence-electron chi connectivity index (χ2n) is 5.62. The molecule has 0 aliphatic carbocycles. The summed E-state index contributed by atoms with van der Waals surface area (Å²) in [5, 5.41) is 0. The Bertz CT molecular complexity index is 900. The molecule has 0 aromatic heterocycles. The minimum atomic E-state index is -3.26. The van der Waals surface area contributed by atoms with E-state index >= 15 is 0 Å². The van der Waals surface area contributed by atoms with Crippen LogP contribution >= 0.6 is 0 Å². The number of esters is 1. The molecular weight excluding hydrogens is 344 g/mol. The number of carbonyl (C=O) groups is 1. The van der Waals surface area contributed by atoms with Crippen LogP contribution in [0, 0.1) is 0 Å². The minimum absolute atomic E-state index is 0.216. The van der Waals surface area contributed by atoms with Crippen molar-refractivity contribution in [1.29, 1.82) is 0 Å². The third kappa shape index (κ3) is 3.76. The van der Waals surface area contributed by atoms with E-state index in [1.165, 1.54) is 12.1 Å². The third-order valence-electron chi connectivity index (χ3n) is 3.77. The number of carbonyl (C=O) groups excluding carboxylic acids is 1. The van der Waals surface area contributed by atoms with Gasteiger partial charge in [-0.05, 0) is 43.3 Å². The van der Waals surface area contributed by atoms with Gasteiger partial charge in [-0.3, -0.25) is 0 Å². The normalized spacial score (nSPS) is 13.0. The summed E-state index contributed by atoms with van der Waals surface area (Å²) >= 11 is 0. The number of ether oxygens (including phenoxy) is 3. The molecule has 0 atom stereocenters. The topological polar surface area (TPSA) is 78.9 Å². The molecule has 2 aromatic carbocycles. The van der Waals surface area contributed by atoms with E-state index in [9.17, 15) is 13.2 Å². The highest BCUT2D eigenvalue weighted by Crippen LogP contribution is 2.37. The van der Waals surface area contributed by atoms with Gasteiger partial charge in [0.1, 0.15) is 17.2 Å². The zero-order chi connectivity index (χ0) is 18.0. The first-order valence-electron chi connectivity index (χ1n) is 7.83. The van der Waals surface area contributed by atoms with Gasteiger partial charge in [0.2, 0.25) is 0 Å². The summed E-state index contributed by atoms with van der Waals surface area (Å²) in [4.78, 5) is 12.2. The molecule has 0 amide bonds. The highest BCUT2D eigenvalue weighted by atomic mass is 32.2. The highest BCUT2D eigenvalue weighted by molar-refractivity contribution is 7.90. The van der Waals surface area contributed by atoms with Crippen molar-refractivity contribution < 1.29 is 27.4 Å². The van der Waals surface area contributed by atoms with Crippen LogP contribution < -0.4 is 9.47 Å². The molecule has 2 aromatic rings. The van der Waals surface area contributed by atoms with Gasteiger partial charge in [-0.15, -0.1) is 0 Å². The first kappa shape index (κ1) is 17.3. The van der Waals surface area contributed by atoms with E-state index < -0.39 is 15.8 Å². The molecule has 3 rings (SSSR count). The molecular formula is C18H18O6S. The lowest BCUT2D eigenvalue weighted by Crippen LogP contribution is -2.05. The maximum atomic E-state index is 12.0. The summed E-state index contributed by atoms with van der Waals surface area (Å²) in [6, 6.07) is 9.40. The fraction of sp³-hybridized carbons (Fsp3) is 0.278. The maximum absolute atomic E-state index is 12.0. The van der Waals surface area contributed by atoms with Crippen LogP contribution in [0.25, 0.3) is 0 Å². The largest absolute Gasteiger partial charge is 0.493 e. The van der Waals surface area contributed by atoms with Crippen LogP contribution in [0.3, 0.4) is 0 Å². The molecule has 6 nitrogen and oxygen atoms in total. The van der Waals surface area contributed by atoms with Crippen molar-refractivity contribution in [2.24, 2.45) is 0 Å². The third-order valence-corrected chi connectivity index (χ3v) is 4.90. The second-order valence-corrected chi connectivity index (χ2v) is 7.63. The SMILES string of the molecule is CCOC(=O)c1cc2c(c(Oc3ccc(S(C)(=O)=O)cc3)c1)CCO2. The molecule has 0 bridgehead atoms. The molecule has 7 heteroatoms. The van der Waals surface area contributed by atoms with Gasteiger partial charge < -0.3 is 14.2 Å². The lowest BCUT2D eigenvalue weighted by Gasteiger charge is -2.12. The minimum Gasteiger partial charge on any atom is -0.493 e. The molecule has 0 spiro atoms. The van der Waals surface area contributed by atoms with E-state index in [4.69, 9.17) is 14.2 Å². The number of fused-ring (bicyclic) bond motifs is 1. The lowest BCUT2D eigenvalue weighted by molar-refractivity contribution is 0.0525. The molecule has 0 saturated carbocycles. The van der Waals surface area contributed by atoms with Crippen molar-refractivity contribution in [2.75, 3.05) is 19.5 Å². The Balaban J connectivity index is 1.93. The summed E-state index contributed by atoms with van der Waals surface area (Å²) in [7, 11) is -3.26. The molecule has 132 valence electrons. The molecule has 1 heterocycles. The van der Waals surface area contributed by atoms with Gasteiger partial charge in [0.05, 0.1) is 23.7 Å². The second kappa shape index (κ2) is 6.76. The van der Waals surface area contributed by atoms with Crippen molar-refractivity contribution in [2.45, 2.75) is 18.2 Å². The molecule has 0 radical (unpaired) electrons. The van der Waals surface area contributed by atoms with Crippen LogP contribution in [0.5, 0.6) is 17.2 Å². The summed E-state index contributed by atoms with van der Waals surface area (Å²) in [5.74, 6) is 1.14. The standard InChI is InChI=1S/C18H18O6S/c1-3-22-18(19)12-10-16-15(8-9-23-16)17(11-12)24-13-4-6-14(7-5-13)25(2,20)21/h4-7,10-11H,3,8-9H2,1-2H3. The predicted molar refractivity (Wildman–Crippen MR) is 91.2 cm³/mol. The van der Waals surface area contributed by atoms with Crippen LogP contribution in [0.15, 0.2) is 41.3 Å². The Morgan fingerprint density at radius 2 is 1.92 bits per heavy atom. The van der Waals surface area contributed by atoms with Crippen LogP contribution in [0.2, 0.25) is 0 Å². The lowest BCUT2D eigenvalue weighted by atomic mass is 10.1. The molecule has 25 heavy (non-hydrogen) atoms. The predicted octanol–water partition coefficient (Wildman–Crippen LogP) is 2.99. The summed E-state index contributed by atoms with van der Waals surface area (Å²) in [6.07, 6.45) is 1.82. The van der Waals surface area contributed by atoms with Crippen molar-refractivity contribution in [3.05, 3.63) is 47.5 Å². The van der Waals surface area contributed by atoms with E-state index in [-0.39, 0.29) is 11.5 Å². The van der Waals surface area contributed by atoms with Gasteiger partial charge in [0.15, 0.2) is 9.84 Å². The number of rotatable bonds is 5. The average molecular weight is 362 g/mol. The van der Waals surface area contributed by atoms with Crippen molar-refractivity contribution in [3.63, 3.8) is 0 Å². The molecule has 0 N–H and O–H groups in total. The van der Waals surface area contributed by atoms with Gasteiger partial charge >= 0.3 is 5.97 Å². The monoisotopic (exact) mass is 362 g/mol. The zero-order valence-corrected chi connectivity index (χ0v) is 14.8. The van der Waals surface area contributed by atoms with Crippen molar-refractivity contribution in [3.8, 4) is 17.2 Å². The fourth-order valence-corrected chi connectivity index (χ4v) is 3.19. The molecule has 0 unspecified atom stereocenters. The van der Waals surface area contributed by atoms with Gasteiger partial charge in [-0.25, -0.2) is 13.2 Å². The Labute approximate surface area is 146 Å². The summed E-state index contributed by atoms with van der Waals surface area (Å²) in [5.41, 5.74) is 1.23. The van der Waals surface area contributed by atoms with Crippen LogP contribution in [0.4, 0.5) is 0 Å². The van der Waals surface area contributed by atoms with Crippen molar-refractivity contribution in [1.82, 2.24) is 0 Å². The van der Waals surface area contributed by atoms with Crippen molar-refractivity contribution >= 4 is 15.8 Å². The van der Waals surface area contributed by atoms with E-state index in [1.54, 1.807) is 31.2 Å². The van der Waals surface area contributed by atoms with E-state index in [0.717, 1.165) is 11.8 Å². The Morgan fingerprint density at radius 3 is 2.56 bits per heavy atom. The van der Waals surface area contributed by atoms with Crippen LogP contribution in [-0.4, -0.2) is 33.9 Å². The Morgan fingerprint density at radius 1 is 1.20 bits per heavy atom. The smallest absolute Gasteiger partial charge is 0.338 e. The Hall–Kier alpha value is -2.54. The van der Waals surface area contributed by atoms with E-state index in [1.807, 2.05) is 0 Å². The quantitative estimate of drug-likeness (QED) is 0.761. The molecule has 1 aliphatic heterocycles. The highest BCUT2D eigenvalue weighted by Gasteiger charge is 2.22. The summed E-state index contributed by atoms with van der Waals surface area (Å²) < 4.78 is 39.5. The fourth-order valence-electron chi connectivity index (χ4n) is 2.56. The average Bonchev–Trinajstić information content (AvgIpc) is 3.03. The van der Waals surface area contributed by atoms with Crippen LogP contribution in [-0.2, 0) is 21.0 Å². The van der Waals surface area contributed by atoms with E-state index in [0.29, 0.717) is 35.8 Å². The van der Waals surface area contributed by atoms with Gasteiger partial charge in [-0.1, -0.05) is 0 Å². The Kier molecular flexibility index (Phi) is 4.67. The van der Waals surface area contributed by atoms with Gasteiger partial charge in [0.25, 0.3) is 0 Å². The number of benzene rings is 2. The van der Waals surface area contributed by atoms with Gasteiger partial charge in [-0.2, -0.15) is 0 Å². The first-order chi connectivity index (χ1) is 11.9. The zero-order valence-electron chi connectivity index (χ0n) is 13.9. The molecule has 1 aliphatic rings. The maximum Gasteiger partial charge on any atom is 0.338 e. The number of hydrogen-bond donors (Lipinski definition) is 0. The molecule has 0 fully saturated rings. The summed E-state index contributed by atoms with van der Waals surface area (Å²) in [6.45, 7) is 2.54.